The fourth-order valence-electron chi connectivity index (χ4n) is 3.96. The van der Waals surface area contributed by atoms with Crippen molar-refractivity contribution in [2.24, 2.45) is 11.1 Å². The third-order valence-corrected chi connectivity index (χ3v) is 6.91. The number of rotatable bonds is 4. The lowest BCUT2D eigenvalue weighted by Gasteiger charge is -2.26. The summed E-state index contributed by atoms with van der Waals surface area (Å²) in [6, 6.07) is 6.69. The molecule has 4 rings (SSSR count). The third kappa shape index (κ3) is 4.57. The van der Waals surface area contributed by atoms with Crippen LogP contribution in [0.25, 0.3) is 15.4 Å². The van der Waals surface area contributed by atoms with E-state index in [1.807, 2.05) is 0 Å². The lowest BCUT2D eigenvalue weighted by atomic mass is 9.89. The number of benzene rings is 1. The molecule has 180 valence electrons. The highest BCUT2D eigenvalue weighted by molar-refractivity contribution is 7.93. The average Bonchev–Trinajstić information content (AvgIpc) is 3.46. The second kappa shape index (κ2) is 9.21. The molecule has 0 N–H and O–H groups in total. The van der Waals surface area contributed by atoms with Crippen LogP contribution in [0.5, 0.6) is 0 Å². The Labute approximate surface area is 193 Å². The van der Waals surface area contributed by atoms with Gasteiger partial charge in [-0.2, -0.15) is 0 Å². The molecule has 2 atom stereocenters. The number of aromatic nitrogens is 1. The Balaban J connectivity index is 1.62. The molecule has 1 aromatic heterocycles. The van der Waals surface area contributed by atoms with Crippen molar-refractivity contribution in [1.82, 2.24) is 9.88 Å². The van der Waals surface area contributed by atoms with E-state index >= 15 is 0 Å². The molecule has 2 aliphatic heterocycles. The Morgan fingerprint density at radius 1 is 1.29 bits per heavy atom. The summed E-state index contributed by atoms with van der Waals surface area (Å²) in [5.74, 6) is -2.83. The van der Waals surface area contributed by atoms with Crippen LogP contribution in [0.2, 0.25) is 0 Å². The quantitative estimate of drug-likeness (QED) is 0.596. The molecule has 2 aliphatic rings. The first-order valence-electron chi connectivity index (χ1n) is 10.5. The van der Waals surface area contributed by atoms with Crippen molar-refractivity contribution >= 4 is 15.9 Å². The molecular formula is C22H21F4N4O3S+. The van der Waals surface area contributed by atoms with Gasteiger partial charge in [-0.25, -0.2) is 17.6 Å². The van der Waals surface area contributed by atoms with Crippen LogP contribution >= 0.6 is 0 Å². The van der Waals surface area contributed by atoms with Crippen LogP contribution in [0.15, 0.2) is 35.6 Å². The molecule has 34 heavy (non-hydrogen) atoms. The minimum atomic E-state index is -3.55. The molecule has 0 bridgehead atoms. The van der Waals surface area contributed by atoms with Crippen LogP contribution in [-0.2, 0) is 20.5 Å². The van der Waals surface area contributed by atoms with E-state index in [4.69, 9.17) is 4.84 Å². The van der Waals surface area contributed by atoms with Crippen LogP contribution in [0, 0.1) is 29.4 Å². The van der Waals surface area contributed by atoms with Gasteiger partial charge < -0.3 is 9.74 Å². The van der Waals surface area contributed by atoms with Crippen LogP contribution in [-0.4, -0.2) is 49.7 Å². The Bertz CT molecular complexity index is 1290. The van der Waals surface area contributed by atoms with E-state index in [1.165, 1.54) is 6.92 Å². The number of amidine groups is 1. The number of likely N-dealkylation sites (tertiary alicyclic amines) is 1. The maximum absolute atomic E-state index is 14.5. The maximum atomic E-state index is 14.5. The van der Waals surface area contributed by atoms with Crippen molar-refractivity contribution in [3.63, 3.8) is 0 Å². The number of hydrogen-bond donors (Lipinski definition) is 0. The van der Waals surface area contributed by atoms with E-state index in [1.54, 1.807) is 4.90 Å². The highest BCUT2D eigenvalue weighted by Crippen LogP contribution is 2.42. The summed E-state index contributed by atoms with van der Waals surface area (Å²) in [5, 5.41) is 3.98. The minimum Gasteiger partial charge on any atom is -0.378 e. The first-order chi connectivity index (χ1) is 16.2. The predicted octanol–water partition coefficient (Wildman–Crippen LogP) is 4.07. The number of nitrogens with zero attached hydrogens (tertiary/aromatic N) is 4. The van der Waals surface area contributed by atoms with E-state index < -0.39 is 45.3 Å². The van der Waals surface area contributed by atoms with E-state index in [9.17, 15) is 26.0 Å². The third-order valence-electron chi connectivity index (χ3n) is 5.80. The molecule has 1 fully saturated rings. The topological polar surface area (TPSA) is 76.2 Å². The summed E-state index contributed by atoms with van der Waals surface area (Å²) in [4.78, 5) is 11.2. The molecule has 12 heteroatoms. The molecule has 1 saturated heterocycles. The molecule has 0 radical (unpaired) electrons. The Kier molecular flexibility index (Phi) is 6.49. The van der Waals surface area contributed by atoms with E-state index in [0.717, 1.165) is 30.5 Å². The highest BCUT2D eigenvalue weighted by Gasteiger charge is 2.47. The molecule has 0 aliphatic carbocycles. The van der Waals surface area contributed by atoms with Crippen molar-refractivity contribution in [3.05, 3.63) is 57.9 Å². The molecule has 0 spiro atoms. The van der Waals surface area contributed by atoms with Gasteiger partial charge in [-0.15, -0.1) is 8.42 Å². The lowest BCUT2D eigenvalue weighted by Crippen LogP contribution is -2.35. The lowest BCUT2D eigenvalue weighted by molar-refractivity contribution is -0.0435. The van der Waals surface area contributed by atoms with Crippen LogP contribution in [0.4, 0.5) is 17.6 Å². The van der Waals surface area contributed by atoms with Crippen LogP contribution < -0.4 is 0 Å². The summed E-state index contributed by atoms with van der Waals surface area (Å²) in [5.41, 5.74) is -2.81. The molecule has 0 amide bonds. The number of oxime groups is 1. The summed E-state index contributed by atoms with van der Waals surface area (Å²) in [7, 11) is -3.55. The maximum Gasteiger partial charge on any atom is 0.478 e. The Morgan fingerprint density at radius 2 is 2.03 bits per heavy atom. The zero-order chi connectivity index (χ0) is 24.5. The molecule has 1 aromatic carbocycles. The first kappa shape index (κ1) is 23.9. The predicted molar refractivity (Wildman–Crippen MR) is 117 cm³/mol. The smallest absolute Gasteiger partial charge is 0.378 e. The number of sulfonamides is 1. The summed E-state index contributed by atoms with van der Waals surface area (Å²) in [6.07, 6.45) is 1.25. The average molecular weight is 497 g/mol. The van der Waals surface area contributed by atoms with Crippen molar-refractivity contribution in [2.45, 2.75) is 25.4 Å². The van der Waals surface area contributed by atoms with Gasteiger partial charge in [0.05, 0.1) is 28.1 Å². The second-order valence-corrected chi connectivity index (χ2v) is 10.00. The first-order valence-corrected chi connectivity index (χ1v) is 12.2. The normalized spacial score (nSPS) is 22.2. The van der Waals surface area contributed by atoms with Gasteiger partial charge in [-0.3, -0.25) is 4.98 Å². The molecule has 3 heterocycles. The number of alkyl halides is 1. The second-order valence-electron chi connectivity index (χ2n) is 8.07. The SMILES string of the molecule is CCS(=O)(=O)[N+]#CC1CCN(C2=NOC(CF)(c3ncc(F)cc3-c3c(F)cccc3F)C2)C1. The van der Waals surface area contributed by atoms with Gasteiger partial charge in [-0.1, -0.05) is 11.2 Å². The fraction of sp³-hybridized carbons (Fsp3) is 0.409. The monoisotopic (exact) mass is 497 g/mol. The van der Waals surface area contributed by atoms with Gasteiger partial charge in [0.2, 0.25) is 5.60 Å². The number of pyridine rings is 1. The van der Waals surface area contributed by atoms with Gasteiger partial charge in [-0.05, 0) is 31.5 Å². The summed E-state index contributed by atoms with van der Waals surface area (Å²) in [6.45, 7) is 1.14. The standard InChI is InChI=1S/C22H21F4N4O3S/c1-2-34(31,32)28-10-14-6-7-30(12-14)19-9-22(13-23,33-29-19)21-16(8-15(24)11-27-21)20-17(25)4-3-5-18(20)26/h3-5,8,11,14H,2,6-7,9,12-13H2,1H3/q+1. The van der Waals surface area contributed by atoms with E-state index in [-0.39, 0.29) is 29.3 Å². The largest absolute Gasteiger partial charge is 0.478 e. The van der Waals surface area contributed by atoms with Crippen LogP contribution in [0.1, 0.15) is 25.5 Å². The summed E-state index contributed by atoms with van der Waals surface area (Å²) < 4.78 is 84.1. The number of halogens is 4. The van der Waals surface area contributed by atoms with Crippen molar-refractivity contribution in [1.29, 1.82) is 0 Å². The minimum absolute atomic E-state index is 0.123. The Morgan fingerprint density at radius 3 is 2.71 bits per heavy atom. The molecular weight excluding hydrogens is 476 g/mol. The molecule has 2 aromatic rings. The van der Waals surface area contributed by atoms with Crippen molar-refractivity contribution < 1.29 is 30.8 Å². The van der Waals surface area contributed by atoms with Crippen LogP contribution in [0.3, 0.4) is 0 Å². The molecule has 0 saturated carbocycles. The van der Waals surface area contributed by atoms with Crippen molar-refractivity contribution in [3.8, 4) is 17.2 Å². The zero-order valence-electron chi connectivity index (χ0n) is 18.1. The van der Waals surface area contributed by atoms with Crippen molar-refractivity contribution in [2.75, 3.05) is 25.5 Å². The zero-order valence-corrected chi connectivity index (χ0v) is 19.0. The van der Waals surface area contributed by atoms with E-state index in [2.05, 4.69) is 20.5 Å². The number of hydrogen-bond acceptors (Lipinski definition) is 6. The van der Waals surface area contributed by atoms with Gasteiger partial charge in [0.25, 0.3) is 0 Å². The fourth-order valence-corrected chi connectivity index (χ4v) is 4.40. The van der Waals surface area contributed by atoms with Gasteiger partial charge in [0, 0.05) is 18.7 Å². The Hall–Kier alpha value is -3.20. The van der Waals surface area contributed by atoms with Gasteiger partial charge in [0.15, 0.2) is 0 Å². The highest BCUT2D eigenvalue weighted by atomic mass is 32.2. The molecule has 2 unspecified atom stereocenters. The summed E-state index contributed by atoms with van der Waals surface area (Å²) >= 11 is 0. The molecule has 7 nitrogen and oxygen atoms in total. The van der Waals surface area contributed by atoms with E-state index in [0.29, 0.717) is 25.3 Å². The van der Waals surface area contributed by atoms with Gasteiger partial charge in [0.1, 0.15) is 41.6 Å². The van der Waals surface area contributed by atoms with Gasteiger partial charge >= 0.3 is 16.1 Å².